The molecule has 5 heteroatoms. The maximum absolute atomic E-state index is 14.0. The van der Waals surface area contributed by atoms with Crippen molar-refractivity contribution in [3.8, 4) is 0 Å². The van der Waals surface area contributed by atoms with Crippen molar-refractivity contribution in [3.05, 3.63) is 65.0 Å². The average molecular weight is 275 g/mol. The van der Waals surface area contributed by atoms with Gasteiger partial charge in [-0.05, 0) is 23.3 Å². The summed E-state index contributed by atoms with van der Waals surface area (Å²) >= 11 is 0. The van der Waals surface area contributed by atoms with Crippen LogP contribution in [0.3, 0.4) is 0 Å². The molecule has 2 N–H and O–H groups in total. The van der Waals surface area contributed by atoms with E-state index in [1.54, 1.807) is 12.4 Å². The Labute approximate surface area is 116 Å². The zero-order valence-corrected chi connectivity index (χ0v) is 10.9. The van der Waals surface area contributed by atoms with E-state index in [4.69, 9.17) is 5.73 Å². The third kappa shape index (κ3) is 2.30. The van der Waals surface area contributed by atoms with Crippen molar-refractivity contribution >= 4 is 0 Å². The highest BCUT2D eigenvalue weighted by Crippen LogP contribution is 2.36. The monoisotopic (exact) mass is 275 g/mol. The van der Waals surface area contributed by atoms with Gasteiger partial charge in [0.1, 0.15) is 11.6 Å². The molecule has 0 radical (unpaired) electrons. The van der Waals surface area contributed by atoms with Gasteiger partial charge in [-0.15, -0.1) is 0 Å². The number of aromatic nitrogens is 1. The SMILES string of the molecule is NCC1c2c(F)cc(F)cc2CN1Cc1cccnc1. The molecule has 0 fully saturated rings. The van der Waals surface area contributed by atoms with Crippen molar-refractivity contribution in [1.82, 2.24) is 9.88 Å². The predicted molar refractivity (Wildman–Crippen MR) is 71.6 cm³/mol. The van der Waals surface area contributed by atoms with Crippen molar-refractivity contribution in [2.24, 2.45) is 5.73 Å². The second kappa shape index (κ2) is 5.26. The van der Waals surface area contributed by atoms with Gasteiger partial charge < -0.3 is 5.73 Å². The van der Waals surface area contributed by atoms with E-state index in [1.807, 2.05) is 17.0 Å². The zero-order chi connectivity index (χ0) is 14.1. The first-order chi connectivity index (χ1) is 9.69. The van der Waals surface area contributed by atoms with E-state index in [1.165, 1.54) is 6.07 Å². The molecule has 3 rings (SSSR count). The lowest BCUT2D eigenvalue weighted by Crippen LogP contribution is -2.28. The summed E-state index contributed by atoms with van der Waals surface area (Å²) in [6, 6.07) is 5.92. The molecule has 1 aliphatic rings. The molecule has 0 bridgehead atoms. The number of hydrogen-bond donors (Lipinski definition) is 1. The minimum absolute atomic E-state index is 0.217. The van der Waals surface area contributed by atoms with Crippen LogP contribution in [0.25, 0.3) is 0 Å². The summed E-state index contributed by atoms with van der Waals surface area (Å²) in [7, 11) is 0. The van der Waals surface area contributed by atoms with Crippen LogP contribution in [0, 0.1) is 11.6 Å². The molecular weight excluding hydrogens is 260 g/mol. The normalized spacial score (nSPS) is 18.2. The molecule has 1 aromatic heterocycles. The van der Waals surface area contributed by atoms with E-state index in [9.17, 15) is 8.78 Å². The third-order valence-corrected chi connectivity index (χ3v) is 3.66. The Bertz CT molecular complexity index is 616. The summed E-state index contributed by atoms with van der Waals surface area (Å²) in [5.74, 6) is -1.05. The quantitative estimate of drug-likeness (QED) is 0.935. The first-order valence-electron chi connectivity index (χ1n) is 6.50. The van der Waals surface area contributed by atoms with Crippen LogP contribution in [0.4, 0.5) is 8.78 Å². The van der Waals surface area contributed by atoms with Gasteiger partial charge in [-0.1, -0.05) is 6.07 Å². The van der Waals surface area contributed by atoms with E-state index < -0.39 is 11.6 Å². The number of benzene rings is 1. The largest absolute Gasteiger partial charge is 0.329 e. The molecule has 0 aliphatic carbocycles. The van der Waals surface area contributed by atoms with Gasteiger partial charge >= 0.3 is 0 Å². The van der Waals surface area contributed by atoms with Crippen LogP contribution in [-0.4, -0.2) is 16.4 Å². The van der Waals surface area contributed by atoms with Gasteiger partial charge in [-0.2, -0.15) is 0 Å². The van der Waals surface area contributed by atoms with Crippen LogP contribution in [-0.2, 0) is 13.1 Å². The van der Waals surface area contributed by atoms with Gasteiger partial charge in [0.15, 0.2) is 0 Å². The fraction of sp³-hybridized carbons (Fsp3) is 0.267. The fourth-order valence-corrected chi connectivity index (χ4v) is 2.81. The highest BCUT2D eigenvalue weighted by molar-refractivity contribution is 5.36. The van der Waals surface area contributed by atoms with Crippen LogP contribution in [0.15, 0.2) is 36.7 Å². The second-order valence-corrected chi connectivity index (χ2v) is 4.98. The standard InChI is InChI=1S/C15H15F2N3/c16-12-4-11-9-20(8-10-2-1-3-19-7-10)14(6-18)15(11)13(17)5-12/h1-5,7,14H,6,8-9,18H2. The van der Waals surface area contributed by atoms with E-state index in [2.05, 4.69) is 4.98 Å². The number of fused-ring (bicyclic) bond motifs is 1. The predicted octanol–water partition coefficient (Wildman–Crippen LogP) is 2.38. The summed E-state index contributed by atoms with van der Waals surface area (Å²) in [6.45, 7) is 1.42. The van der Waals surface area contributed by atoms with Crippen LogP contribution in [0.1, 0.15) is 22.7 Å². The average Bonchev–Trinajstić information content (AvgIpc) is 2.77. The summed E-state index contributed by atoms with van der Waals surface area (Å²) < 4.78 is 27.3. The summed E-state index contributed by atoms with van der Waals surface area (Å²) in [5.41, 5.74) is 8.02. The molecule has 0 saturated carbocycles. The number of halogens is 2. The zero-order valence-electron chi connectivity index (χ0n) is 10.9. The van der Waals surface area contributed by atoms with Crippen molar-refractivity contribution < 1.29 is 8.78 Å². The number of pyridine rings is 1. The van der Waals surface area contributed by atoms with Gasteiger partial charge in [0, 0.05) is 43.7 Å². The van der Waals surface area contributed by atoms with Crippen molar-refractivity contribution in [2.45, 2.75) is 19.1 Å². The lowest BCUT2D eigenvalue weighted by molar-refractivity contribution is 0.208. The fourth-order valence-electron chi connectivity index (χ4n) is 2.81. The molecule has 0 saturated heterocycles. The summed E-state index contributed by atoms with van der Waals surface area (Å²) in [5, 5.41) is 0. The minimum Gasteiger partial charge on any atom is -0.329 e. The van der Waals surface area contributed by atoms with Crippen LogP contribution in [0.2, 0.25) is 0 Å². The molecule has 2 heterocycles. The first kappa shape index (κ1) is 13.1. The molecule has 1 atom stereocenters. The van der Waals surface area contributed by atoms with Gasteiger partial charge in [-0.25, -0.2) is 8.78 Å². The molecule has 3 nitrogen and oxygen atoms in total. The molecule has 20 heavy (non-hydrogen) atoms. The minimum atomic E-state index is -0.541. The number of nitrogens with two attached hydrogens (primary N) is 1. The summed E-state index contributed by atoms with van der Waals surface area (Å²) in [6.07, 6.45) is 3.48. The molecule has 1 aromatic carbocycles. The molecule has 0 spiro atoms. The Hall–Kier alpha value is -1.85. The van der Waals surface area contributed by atoms with Crippen molar-refractivity contribution in [2.75, 3.05) is 6.54 Å². The van der Waals surface area contributed by atoms with Crippen LogP contribution < -0.4 is 5.73 Å². The van der Waals surface area contributed by atoms with E-state index in [0.29, 0.717) is 30.8 Å². The highest BCUT2D eigenvalue weighted by atomic mass is 19.1. The Balaban J connectivity index is 1.91. The molecule has 104 valence electrons. The maximum Gasteiger partial charge on any atom is 0.131 e. The van der Waals surface area contributed by atoms with Crippen molar-refractivity contribution in [1.29, 1.82) is 0 Å². The third-order valence-electron chi connectivity index (χ3n) is 3.66. The van der Waals surface area contributed by atoms with Gasteiger partial charge in [0.2, 0.25) is 0 Å². The van der Waals surface area contributed by atoms with Crippen LogP contribution in [0.5, 0.6) is 0 Å². The smallest absolute Gasteiger partial charge is 0.131 e. The molecule has 2 aromatic rings. The molecule has 1 unspecified atom stereocenters. The first-order valence-corrected chi connectivity index (χ1v) is 6.50. The van der Waals surface area contributed by atoms with Gasteiger partial charge in [0.25, 0.3) is 0 Å². The Morgan fingerprint density at radius 1 is 1.35 bits per heavy atom. The Kier molecular flexibility index (Phi) is 3.46. The van der Waals surface area contributed by atoms with Crippen LogP contribution >= 0.6 is 0 Å². The van der Waals surface area contributed by atoms with E-state index >= 15 is 0 Å². The molecule has 1 aliphatic heterocycles. The van der Waals surface area contributed by atoms with Gasteiger partial charge in [0.05, 0.1) is 6.04 Å². The van der Waals surface area contributed by atoms with E-state index in [-0.39, 0.29) is 6.04 Å². The molecular formula is C15H15F2N3. The van der Waals surface area contributed by atoms with Gasteiger partial charge in [-0.3, -0.25) is 9.88 Å². The number of rotatable bonds is 3. The maximum atomic E-state index is 14.0. The lowest BCUT2D eigenvalue weighted by Gasteiger charge is -2.23. The van der Waals surface area contributed by atoms with Crippen molar-refractivity contribution in [3.63, 3.8) is 0 Å². The topological polar surface area (TPSA) is 42.1 Å². The Morgan fingerprint density at radius 2 is 2.20 bits per heavy atom. The number of nitrogens with zero attached hydrogens (tertiary/aromatic N) is 2. The summed E-state index contributed by atoms with van der Waals surface area (Å²) in [4.78, 5) is 6.11. The Morgan fingerprint density at radius 3 is 2.90 bits per heavy atom. The lowest BCUT2D eigenvalue weighted by atomic mass is 10.0. The van der Waals surface area contributed by atoms with E-state index in [0.717, 1.165) is 11.6 Å². The second-order valence-electron chi connectivity index (χ2n) is 4.98. The molecule has 0 amide bonds. The number of hydrogen-bond acceptors (Lipinski definition) is 3. The highest BCUT2D eigenvalue weighted by Gasteiger charge is 2.32.